The van der Waals surface area contributed by atoms with Crippen molar-refractivity contribution in [1.29, 1.82) is 0 Å². The molecule has 0 atom stereocenters. The van der Waals surface area contributed by atoms with Gasteiger partial charge < -0.3 is 11.1 Å². The molecule has 19 heavy (non-hydrogen) atoms. The topological polar surface area (TPSA) is 63.8 Å². The molecule has 0 amide bonds. The maximum Gasteiger partial charge on any atom is 0.136 e. The molecule has 0 radical (unpaired) electrons. The van der Waals surface area contributed by atoms with Crippen LogP contribution in [0.1, 0.15) is 19.2 Å². The fourth-order valence-electron chi connectivity index (χ4n) is 1.65. The monoisotopic (exact) mass is 280 g/mol. The zero-order valence-corrected chi connectivity index (χ0v) is 11.2. The summed E-state index contributed by atoms with van der Waals surface area (Å²) in [5.41, 5.74) is 6.16. The molecule has 1 heterocycles. The third-order valence-electron chi connectivity index (χ3n) is 2.46. The normalized spacial score (nSPS) is 10.5. The number of nitrogen functional groups attached to an aromatic ring is 1. The summed E-state index contributed by atoms with van der Waals surface area (Å²) >= 11 is 5.98. The Morgan fingerprint density at radius 2 is 2.11 bits per heavy atom. The highest BCUT2D eigenvalue weighted by atomic mass is 35.5. The molecule has 1 aromatic carbocycles. The van der Waals surface area contributed by atoms with Gasteiger partial charge in [0.1, 0.15) is 23.3 Å². The third-order valence-corrected chi connectivity index (χ3v) is 2.79. The van der Waals surface area contributed by atoms with Gasteiger partial charge in [0, 0.05) is 12.5 Å². The van der Waals surface area contributed by atoms with Crippen LogP contribution in [0.5, 0.6) is 0 Å². The molecule has 0 aliphatic rings. The number of nitrogens with two attached hydrogens (primary N) is 1. The molecule has 3 N–H and O–H groups in total. The molecule has 0 saturated carbocycles. The highest BCUT2D eigenvalue weighted by Crippen LogP contribution is 2.25. The molecule has 6 heteroatoms. The van der Waals surface area contributed by atoms with E-state index in [2.05, 4.69) is 15.3 Å². The molecule has 0 bridgehead atoms. The highest BCUT2D eigenvalue weighted by Gasteiger charge is 2.06. The third kappa shape index (κ3) is 3.54. The van der Waals surface area contributed by atoms with Crippen LogP contribution in [-0.4, -0.2) is 9.97 Å². The van der Waals surface area contributed by atoms with Crippen molar-refractivity contribution in [2.75, 3.05) is 11.1 Å². The second-order valence-corrected chi connectivity index (χ2v) is 4.50. The molecule has 2 rings (SSSR count). The molecule has 0 fully saturated rings. The van der Waals surface area contributed by atoms with Crippen LogP contribution in [0.15, 0.2) is 24.3 Å². The van der Waals surface area contributed by atoms with E-state index < -0.39 is 0 Å². The maximum absolute atomic E-state index is 13.2. The number of nitrogens with zero attached hydrogens (tertiary/aromatic N) is 2. The number of aromatic nitrogens is 2. The Morgan fingerprint density at radius 3 is 2.84 bits per heavy atom. The quantitative estimate of drug-likeness (QED) is 0.899. The first-order valence-electron chi connectivity index (χ1n) is 5.94. The van der Waals surface area contributed by atoms with Crippen LogP contribution in [0, 0.1) is 5.82 Å². The van der Waals surface area contributed by atoms with Gasteiger partial charge in [-0.3, -0.25) is 0 Å². The van der Waals surface area contributed by atoms with Gasteiger partial charge in [-0.25, -0.2) is 14.4 Å². The summed E-state index contributed by atoms with van der Waals surface area (Å²) < 4.78 is 13.2. The predicted molar refractivity (Wildman–Crippen MR) is 75.1 cm³/mol. The average molecular weight is 281 g/mol. The van der Waals surface area contributed by atoms with Gasteiger partial charge in [-0.05, 0) is 24.6 Å². The van der Waals surface area contributed by atoms with Crippen LogP contribution >= 0.6 is 11.6 Å². The zero-order valence-electron chi connectivity index (χ0n) is 10.5. The van der Waals surface area contributed by atoms with Crippen molar-refractivity contribution in [3.05, 3.63) is 40.9 Å². The Balaban J connectivity index is 2.29. The number of rotatable bonds is 4. The number of anilines is 3. The van der Waals surface area contributed by atoms with Crippen molar-refractivity contribution in [3.63, 3.8) is 0 Å². The first kappa shape index (κ1) is 13.5. The molecule has 0 spiro atoms. The van der Waals surface area contributed by atoms with E-state index in [0.717, 1.165) is 12.8 Å². The molecule has 0 unspecified atom stereocenters. The lowest BCUT2D eigenvalue weighted by atomic mass is 10.3. The van der Waals surface area contributed by atoms with E-state index in [1.807, 2.05) is 6.92 Å². The Bertz CT molecular complexity index is 589. The van der Waals surface area contributed by atoms with Crippen LogP contribution in [0.2, 0.25) is 5.02 Å². The molecule has 4 nitrogen and oxygen atoms in total. The van der Waals surface area contributed by atoms with Crippen LogP contribution < -0.4 is 11.1 Å². The predicted octanol–water partition coefficient (Wildman–Crippen LogP) is 3.55. The summed E-state index contributed by atoms with van der Waals surface area (Å²) in [5.74, 6) is 1.15. The first-order chi connectivity index (χ1) is 9.08. The zero-order chi connectivity index (χ0) is 13.8. The number of hydrogen-bond donors (Lipinski definition) is 2. The number of aryl methyl sites for hydroxylation is 1. The summed E-state index contributed by atoms with van der Waals surface area (Å²) in [6.07, 6.45) is 1.65. The van der Waals surface area contributed by atoms with Gasteiger partial charge in [-0.15, -0.1) is 0 Å². The lowest BCUT2D eigenvalue weighted by Gasteiger charge is -2.09. The Kier molecular flexibility index (Phi) is 4.16. The lowest BCUT2D eigenvalue weighted by Crippen LogP contribution is -2.03. The van der Waals surface area contributed by atoms with E-state index in [9.17, 15) is 4.39 Å². The van der Waals surface area contributed by atoms with Crippen molar-refractivity contribution in [3.8, 4) is 0 Å². The fourth-order valence-corrected chi connectivity index (χ4v) is 1.81. The molecule has 1 aromatic heterocycles. The summed E-state index contributed by atoms with van der Waals surface area (Å²) in [6, 6.07) is 5.67. The fraction of sp³-hybridized carbons (Fsp3) is 0.231. The van der Waals surface area contributed by atoms with E-state index in [1.54, 1.807) is 6.07 Å². The Hall–Kier alpha value is -1.88. The van der Waals surface area contributed by atoms with Crippen molar-refractivity contribution < 1.29 is 4.39 Å². The van der Waals surface area contributed by atoms with Crippen molar-refractivity contribution in [1.82, 2.24) is 9.97 Å². The first-order valence-corrected chi connectivity index (χ1v) is 6.32. The minimum Gasteiger partial charge on any atom is -0.384 e. The molecule has 0 aliphatic carbocycles. The van der Waals surface area contributed by atoms with Crippen molar-refractivity contribution in [2.24, 2.45) is 0 Å². The van der Waals surface area contributed by atoms with Gasteiger partial charge in [0.2, 0.25) is 0 Å². The molecule has 2 aromatic rings. The minimum absolute atomic E-state index is 0.369. The highest BCUT2D eigenvalue weighted by molar-refractivity contribution is 6.33. The van der Waals surface area contributed by atoms with Crippen LogP contribution in [0.3, 0.4) is 0 Å². The summed E-state index contributed by atoms with van der Waals surface area (Å²) in [7, 11) is 0. The lowest BCUT2D eigenvalue weighted by molar-refractivity contribution is 0.628. The van der Waals surface area contributed by atoms with E-state index in [4.69, 9.17) is 17.3 Å². The molecular formula is C13H14ClFN4. The van der Waals surface area contributed by atoms with Crippen LogP contribution in [0.4, 0.5) is 21.7 Å². The second kappa shape index (κ2) is 5.84. The minimum atomic E-state index is -0.372. The van der Waals surface area contributed by atoms with Gasteiger partial charge >= 0.3 is 0 Å². The van der Waals surface area contributed by atoms with Gasteiger partial charge in [0.05, 0.1) is 10.7 Å². The van der Waals surface area contributed by atoms with Crippen molar-refractivity contribution >= 4 is 28.9 Å². The Morgan fingerprint density at radius 1 is 1.32 bits per heavy atom. The van der Waals surface area contributed by atoms with Gasteiger partial charge in [0.25, 0.3) is 0 Å². The van der Waals surface area contributed by atoms with E-state index in [0.29, 0.717) is 28.2 Å². The molecule has 0 aliphatic heterocycles. The van der Waals surface area contributed by atoms with E-state index in [-0.39, 0.29) is 5.82 Å². The smallest absolute Gasteiger partial charge is 0.136 e. The molecule has 100 valence electrons. The number of nitrogens with one attached hydrogen (secondary N) is 1. The van der Waals surface area contributed by atoms with Crippen molar-refractivity contribution in [2.45, 2.75) is 19.8 Å². The Labute approximate surface area is 115 Å². The molecular weight excluding hydrogens is 267 g/mol. The van der Waals surface area contributed by atoms with Gasteiger partial charge in [-0.1, -0.05) is 18.5 Å². The van der Waals surface area contributed by atoms with E-state index in [1.165, 1.54) is 18.2 Å². The SMILES string of the molecule is CCCc1nc(N)cc(Nc2cc(F)ccc2Cl)n1. The maximum atomic E-state index is 13.2. The largest absolute Gasteiger partial charge is 0.384 e. The number of halogens is 2. The average Bonchev–Trinajstić information content (AvgIpc) is 2.33. The number of benzene rings is 1. The van der Waals surface area contributed by atoms with Gasteiger partial charge in [-0.2, -0.15) is 0 Å². The summed E-state index contributed by atoms with van der Waals surface area (Å²) in [6.45, 7) is 2.03. The van der Waals surface area contributed by atoms with Crippen LogP contribution in [0.25, 0.3) is 0 Å². The number of hydrogen-bond acceptors (Lipinski definition) is 4. The van der Waals surface area contributed by atoms with E-state index >= 15 is 0 Å². The van der Waals surface area contributed by atoms with Crippen LogP contribution in [-0.2, 0) is 6.42 Å². The standard InChI is InChI=1S/C13H14ClFN4/c1-2-3-12-18-11(16)7-13(19-12)17-10-6-8(15)4-5-9(10)14/h4-7H,2-3H2,1H3,(H3,16,17,18,19). The summed E-state index contributed by atoms with van der Waals surface area (Å²) in [5, 5.41) is 3.36. The van der Waals surface area contributed by atoms with Gasteiger partial charge in [0.15, 0.2) is 0 Å². The second-order valence-electron chi connectivity index (χ2n) is 4.09. The molecule has 0 saturated heterocycles. The summed E-state index contributed by atoms with van der Waals surface area (Å²) in [4.78, 5) is 8.43.